The minimum absolute atomic E-state index is 0.244. The van der Waals surface area contributed by atoms with Gasteiger partial charge >= 0.3 is 0 Å². The summed E-state index contributed by atoms with van der Waals surface area (Å²) in [7, 11) is 0. The summed E-state index contributed by atoms with van der Waals surface area (Å²) in [6, 6.07) is 14.5. The summed E-state index contributed by atoms with van der Waals surface area (Å²) in [5.41, 5.74) is 2.21. The molecule has 3 rings (SSSR count). The zero-order valence-electron chi connectivity index (χ0n) is 15.9. The number of ether oxygens (including phenoxy) is 1. The van der Waals surface area contributed by atoms with Crippen LogP contribution in [0.2, 0.25) is 0 Å². The van der Waals surface area contributed by atoms with Gasteiger partial charge in [0.1, 0.15) is 18.9 Å². The lowest BCUT2D eigenvalue weighted by molar-refractivity contribution is -0.127. The Morgan fingerprint density at radius 1 is 1.17 bits per heavy atom. The number of aryl methyl sites for hydroxylation is 1. The van der Waals surface area contributed by atoms with Gasteiger partial charge in [-0.05, 0) is 42.5 Å². The van der Waals surface area contributed by atoms with Crippen molar-refractivity contribution in [3.63, 3.8) is 0 Å². The van der Waals surface area contributed by atoms with E-state index in [0.717, 1.165) is 22.2 Å². The maximum absolute atomic E-state index is 12.7. The Morgan fingerprint density at radius 3 is 2.66 bits per heavy atom. The zero-order valence-corrected chi connectivity index (χ0v) is 16.7. The van der Waals surface area contributed by atoms with E-state index in [1.807, 2.05) is 31.2 Å². The van der Waals surface area contributed by atoms with Gasteiger partial charge in [0.05, 0.1) is 4.91 Å². The first-order valence-corrected chi connectivity index (χ1v) is 9.75. The highest BCUT2D eigenvalue weighted by atomic mass is 32.2. The molecule has 0 saturated carbocycles. The number of carbonyl (C=O) groups is 3. The highest BCUT2D eigenvalue weighted by Crippen LogP contribution is 2.34. The van der Waals surface area contributed by atoms with Crippen LogP contribution in [0.1, 0.15) is 11.1 Å². The van der Waals surface area contributed by atoms with Crippen LogP contribution in [0.4, 0.5) is 10.5 Å². The Bertz CT molecular complexity index is 1000. The van der Waals surface area contributed by atoms with Gasteiger partial charge in [0.15, 0.2) is 0 Å². The first kappa shape index (κ1) is 20.4. The minimum Gasteiger partial charge on any atom is -0.489 e. The largest absolute Gasteiger partial charge is 0.489 e. The summed E-state index contributed by atoms with van der Waals surface area (Å²) in [6.45, 7) is 5.46. The van der Waals surface area contributed by atoms with Crippen LogP contribution in [-0.4, -0.2) is 35.1 Å². The molecule has 0 aliphatic carbocycles. The number of rotatable bonds is 7. The van der Waals surface area contributed by atoms with E-state index in [1.165, 1.54) is 0 Å². The van der Waals surface area contributed by atoms with E-state index < -0.39 is 17.1 Å². The fourth-order valence-corrected chi connectivity index (χ4v) is 3.53. The number of imide groups is 1. The maximum Gasteiger partial charge on any atom is 0.294 e. The number of thioether (sulfide) groups is 1. The van der Waals surface area contributed by atoms with Crippen molar-refractivity contribution < 1.29 is 19.1 Å². The molecule has 148 valence electrons. The fourth-order valence-electron chi connectivity index (χ4n) is 2.70. The van der Waals surface area contributed by atoms with Crippen molar-refractivity contribution in [1.82, 2.24) is 4.90 Å². The molecular weight excluding hydrogens is 388 g/mol. The van der Waals surface area contributed by atoms with E-state index in [1.54, 1.807) is 36.4 Å². The topological polar surface area (TPSA) is 75.7 Å². The van der Waals surface area contributed by atoms with E-state index >= 15 is 0 Å². The van der Waals surface area contributed by atoms with Crippen molar-refractivity contribution in [3.8, 4) is 5.75 Å². The molecule has 0 radical (unpaired) electrons. The van der Waals surface area contributed by atoms with Gasteiger partial charge in [-0.3, -0.25) is 19.3 Å². The molecule has 1 saturated heterocycles. The van der Waals surface area contributed by atoms with Crippen LogP contribution in [0.15, 0.2) is 66.1 Å². The lowest BCUT2D eigenvalue weighted by atomic mass is 10.2. The molecule has 1 aliphatic rings. The van der Waals surface area contributed by atoms with Crippen molar-refractivity contribution in [2.24, 2.45) is 0 Å². The maximum atomic E-state index is 12.7. The lowest BCUT2D eigenvalue weighted by Gasteiger charge is -2.13. The number of para-hydroxylation sites is 2. The molecule has 1 aliphatic heterocycles. The Morgan fingerprint density at radius 2 is 1.90 bits per heavy atom. The smallest absolute Gasteiger partial charge is 0.294 e. The molecule has 0 spiro atoms. The van der Waals surface area contributed by atoms with Gasteiger partial charge in [0.25, 0.3) is 11.1 Å². The molecule has 1 fully saturated rings. The number of benzene rings is 2. The molecule has 0 aromatic heterocycles. The van der Waals surface area contributed by atoms with E-state index in [-0.39, 0.29) is 11.4 Å². The number of carbonyl (C=O) groups excluding carboxylic acids is 3. The Labute approximate surface area is 173 Å². The van der Waals surface area contributed by atoms with Crippen LogP contribution in [0.5, 0.6) is 5.75 Å². The molecule has 6 nitrogen and oxygen atoms in total. The molecule has 0 atom stereocenters. The number of anilines is 1. The average Bonchev–Trinajstić information content (AvgIpc) is 2.96. The van der Waals surface area contributed by atoms with Crippen molar-refractivity contribution in [1.29, 1.82) is 0 Å². The third-order valence-electron chi connectivity index (χ3n) is 4.16. The SMILES string of the molecule is C=CCOc1ccccc1/C=C1\SC(=O)N(CC(=O)Nc2ccccc2C)C1=O. The van der Waals surface area contributed by atoms with Gasteiger partial charge in [-0.25, -0.2) is 0 Å². The first-order valence-electron chi connectivity index (χ1n) is 8.93. The summed E-state index contributed by atoms with van der Waals surface area (Å²) in [6.07, 6.45) is 3.22. The monoisotopic (exact) mass is 408 g/mol. The molecule has 2 aromatic carbocycles. The molecule has 0 unspecified atom stereocenters. The fraction of sp³-hybridized carbons (Fsp3) is 0.136. The molecule has 7 heteroatoms. The second-order valence-electron chi connectivity index (χ2n) is 6.27. The number of hydrogen-bond donors (Lipinski definition) is 1. The zero-order chi connectivity index (χ0) is 20.8. The van der Waals surface area contributed by atoms with Crippen LogP contribution in [0, 0.1) is 6.92 Å². The third kappa shape index (κ3) is 4.94. The quantitative estimate of drug-likeness (QED) is 0.548. The Hall–Kier alpha value is -3.32. The van der Waals surface area contributed by atoms with Gasteiger partial charge in [-0.15, -0.1) is 0 Å². The Balaban J connectivity index is 1.73. The minimum atomic E-state index is -0.501. The van der Waals surface area contributed by atoms with Gasteiger partial charge < -0.3 is 10.1 Å². The third-order valence-corrected chi connectivity index (χ3v) is 5.06. The van der Waals surface area contributed by atoms with E-state index in [2.05, 4.69) is 11.9 Å². The van der Waals surface area contributed by atoms with Gasteiger partial charge in [-0.1, -0.05) is 49.1 Å². The van der Waals surface area contributed by atoms with Crippen LogP contribution >= 0.6 is 11.8 Å². The normalized spacial score (nSPS) is 14.9. The van der Waals surface area contributed by atoms with Crippen molar-refractivity contribution >= 4 is 40.6 Å². The lowest BCUT2D eigenvalue weighted by Crippen LogP contribution is -2.36. The molecule has 2 aromatic rings. The van der Waals surface area contributed by atoms with Crippen molar-refractivity contribution in [2.45, 2.75) is 6.92 Å². The standard InChI is InChI=1S/C22H20N2O4S/c1-3-12-28-18-11-7-5-9-16(18)13-19-21(26)24(22(27)29-19)14-20(25)23-17-10-6-4-8-15(17)2/h3-11,13H,1,12,14H2,2H3,(H,23,25)/b19-13-. The highest BCUT2D eigenvalue weighted by molar-refractivity contribution is 8.18. The van der Waals surface area contributed by atoms with Gasteiger partial charge in [-0.2, -0.15) is 0 Å². The number of amides is 3. The van der Waals surface area contributed by atoms with Gasteiger partial charge in [0, 0.05) is 11.3 Å². The second-order valence-corrected chi connectivity index (χ2v) is 7.26. The van der Waals surface area contributed by atoms with Crippen LogP contribution in [0.25, 0.3) is 6.08 Å². The summed E-state index contributed by atoms with van der Waals surface area (Å²) < 4.78 is 5.58. The summed E-state index contributed by atoms with van der Waals surface area (Å²) >= 11 is 0.803. The van der Waals surface area contributed by atoms with Crippen molar-refractivity contribution in [3.05, 3.63) is 77.2 Å². The van der Waals surface area contributed by atoms with Crippen LogP contribution in [0.3, 0.4) is 0 Å². The van der Waals surface area contributed by atoms with Gasteiger partial charge in [0.2, 0.25) is 5.91 Å². The van der Waals surface area contributed by atoms with E-state index in [9.17, 15) is 14.4 Å². The molecule has 1 heterocycles. The van der Waals surface area contributed by atoms with Crippen LogP contribution in [-0.2, 0) is 9.59 Å². The molecule has 1 N–H and O–H groups in total. The van der Waals surface area contributed by atoms with E-state index in [4.69, 9.17) is 4.74 Å². The summed E-state index contributed by atoms with van der Waals surface area (Å²) in [5.74, 6) is -0.354. The molecule has 0 bridgehead atoms. The summed E-state index contributed by atoms with van der Waals surface area (Å²) in [5, 5.41) is 2.25. The molecule has 3 amide bonds. The summed E-state index contributed by atoms with van der Waals surface area (Å²) in [4.78, 5) is 38.5. The van der Waals surface area contributed by atoms with E-state index in [0.29, 0.717) is 23.6 Å². The highest BCUT2D eigenvalue weighted by Gasteiger charge is 2.36. The Kier molecular flexibility index (Phi) is 6.51. The van der Waals surface area contributed by atoms with Crippen molar-refractivity contribution in [2.75, 3.05) is 18.5 Å². The predicted molar refractivity (Wildman–Crippen MR) is 115 cm³/mol. The van der Waals surface area contributed by atoms with Crippen LogP contribution < -0.4 is 10.1 Å². The average molecular weight is 408 g/mol. The molecule has 29 heavy (non-hydrogen) atoms. The number of nitrogens with one attached hydrogen (secondary N) is 1. The molecular formula is C22H20N2O4S. The number of hydrogen-bond acceptors (Lipinski definition) is 5. The predicted octanol–water partition coefficient (Wildman–Crippen LogP) is 4.23. The second kappa shape index (κ2) is 9.25. The number of nitrogens with zero attached hydrogens (tertiary/aromatic N) is 1. The first-order chi connectivity index (χ1) is 14.0.